The second-order valence-electron chi connectivity index (χ2n) is 3.25. The van der Waals surface area contributed by atoms with Crippen LogP contribution in [0.2, 0.25) is 0 Å². The largest absolute Gasteiger partial charge is 0.454 e. The first-order valence-corrected chi connectivity index (χ1v) is 4.83. The van der Waals surface area contributed by atoms with Crippen LogP contribution in [0, 0.1) is 11.3 Å². The normalized spacial score (nSPS) is 9.44. The van der Waals surface area contributed by atoms with Gasteiger partial charge < -0.3 is 10.5 Å². The number of nitrogens with zero attached hydrogens (tertiary/aromatic N) is 1. The SMILES string of the molecule is N#Cc1ccccc1Oc1ccccc1N. The lowest BCUT2D eigenvalue weighted by Crippen LogP contribution is -1.92. The number of hydrogen-bond acceptors (Lipinski definition) is 3. The summed E-state index contributed by atoms with van der Waals surface area (Å²) in [6, 6.07) is 16.3. The fourth-order valence-electron chi connectivity index (χ4n) is 1.34. The molecule has 0 heterocycles. The van der Waals surface area contributed by atoms with E-state index in [1.54, 1.807) is 30.3 Å². The van der Waals surface area contributed by atoms with Gasteiger partial charge in [0.1, 0.15) is 17.6 Å². The molecule has 0 saturated heterocycles. The van der Waals surface area contributed by atoms with Gasteiger partial charge in [0.25, 0.3) is 0 Å². The van der Waals surface area contributed by atoms with Gasteiger partial charge in [-0.1, -0.05) is 24.3 Å². The van der Waals surface area contributed by atoms with Gasteiger partial charge in [-0.25, -0.2) is 0 Å². The van der Waals surface area contributed by atoms with E-state index in [-0.39, 0.29) is 0 Å². The number of nitriles is 1. The molecule has 0 aliphatic heterocycles. The number of para-hydroxylation sites is 3. The second kappa shape index (κ2) is 4.37. The summed E-state index contributed by atoms with van der Waals surface area (Å²) in [5.41, 5.74) is 6.79. The van der Waals surface area contributed by atoms with E-state index in [0.717, 1.165) is 0 Å². The maximum Gasteiger partial charge on any atom is 0.150 e. The molecule has 2 aromatic carbocycles. The minimum atomic E-state index is 0.491. The van der Waals surface area contributed by atoms with Crippen LogP contribution in [0.1, 0.15) is 5.56 Å². The zero-order valence-corrected chi connectivity index (χ0v) is 8.55. The summed E-state index contributed by atoms with van der Waals surface area (Å²) < 4.78 is 5.58. The zero-order valence-electron chi connectivity index (χ0n) is 8.55. The first-order valence-electron chi connectivity index (χ1n) is 4.83. The molecule has 3 nitrogen and oxygen atoms in total. The highest BCUT2D eigenvalue weighted by molar-refractivity contribution is 5.55. The smallest absolute Gasteiger partial charge is 0.150 e. The lowest BCUT2D eigenvalue weighted by molar-refractivity contribution is 0.483. The van der Waals surface area contributed by atoms with E-state index >= 15 is 0 Å². The molecule has 78 valence electrons. The third kappa shape index (κ3) is 1.96. The van der Waals surface area contributed by atoms with Gasteiger partial charge in [0, 0.05) is 0 Å². The molecule has 16 heavy (non-hydrogen) atoms. The van der Waals surface area contributed by atoms with Crippen molar-refractivity contribution in [3.05, 3.63) is 54.1 Å². The van der Waals surface area contributed by atoms with Crippen LogP contribution in [-0.2, 0) is 0 Å². The van der Waals surface area contributed by atoms with Crippen LogP contribution in [-0.4, -0.2) is 0 Å². The molecule has 0 bridgehead atoms. The molecular weight excluding hydrogens is 200 g/mol. The Labute approximate surface area is 93.7 Å². The predicted octanol–water partition coefficient (Wildman–Crippen LogP) is 2.93. The Morgan fingerprint density at radius 3 is 2.25 bits per heavy atom. The summed E-state index contributed by atoms with van der Waals surface area (Å²) >= 11 is 0. The third-order valence-electron chi connectivity index (χ3n) is 2.15. The summed E-state index contributed by atoms with van der Waals surface area (Å²) in [6.07, 6.45) is 0. The summed E-state index contributed by atoms with van der Waals surface area (Å²) in [4.78, 5) is 0. The van der Waals surface area contributed by atoms with Crippen LogP contribution in [0.3, 0.4) is 0 Å². The Bertz CT molecular complexity index is 544. The molecule has 0 fully saturated rings. The van der Waals surface area contributed by atoms with Crippen LogP contribution >= 0.6 is 0 Å². The molecule has 0 unspecified atom stereocenters. The fourth-order valence-corrected chi connectivity index (χ4v) is 1.34. The Balaban J connectivity index is 2.35. The van der Waals surface area contributed by atoms with E-state index in [1.165, 1.54) is 0 Å². The van der Waals surface area contributed by atoms with Crippen LogP contribution < -0.4 is 10.5 Å². The van der Waals surface area contributed by atoms with Crippen molar-refractivity contribution in [1.82, 2.24) is 0 Å². The van der Waals surface area contributed by atoms with E-state index in [9.17, 15) is 0 Å². The lowest BCUT2D eigenvalue weighted by Gasteiger charge is -2.08. The van der Waals surface area contributed by atoms with Gasteiger partial charge in [-0.05, 0) is 24.3 Å². The summed E-state index contributed by atoms with van der Waals surface area (Å²) in [5, 5.41) is 8.90. The Morgan fingerprint density at radius 1 is 0.938 bits per heavy atom. The summed E-state index contributed by atoms with van der Waals surface area (Å²) in [5.74, 6) is 1.08. The molecule has 0 aromatic heterocycles. The molecule has 2 rings (SSSR count). The molecule has 0 aliphatic rings. The first kappa shape index (κ1) is 10.1. The van der Waals surface area contributed by atoms with Gasteiger partial charge in [-0.2, -0.15) is 5.26 Å². The third-order valence-corrected chi connectivity index (χ3v) is 2.15. The van der Waals surface area contributed by atoms with Gasteiger partial charge in [-0.15, -0.1) is 0 Å². The molecule has 2 N–H and O–H groups in total. The van der Waals surface area contributed by atoms with Crippen molar-refractivity contribution >= 4 is 5.69 Å². The van der Waals surface area contributed by atoms with Gasteiger partial charge in [0.2, 0.25) is 0 Å². The molecule has 2 aromatic rings. The number of nitrogens with two attached hydrogens (primary N) is 1. The van der Waals surface area contributed by atoms with E-state index in [2.05, 4.69) is 6.07 Å². The van der Waals surface area contributed by atoms with Crippen molar-refractivity contribution in [2.45, 2.75) is 0 Å². The molecule has 0 saturated carbocycles. The molecule has 0 radical (unpaired) electrons. The number of benzene rings is 2. The molecule has 0 atom stereocenters. The first-order chi connectivity index (χ1) is 7.81. The van der Waals surface area contributed by atoms with E-state index in [0.29, 0.717) is 22.7 Å². The molecule has 3 heteroatoms. The Kier molecular flexibility index (Phi) is 2.75. The Hall–Kier alpha value is -2.47. The van der Waals surface area contributed by atoms with E-state index < -0.39 is 0 Å². The van der Waals surface area contributed by atoms with E-state index in [4.69, 9.17) is 15.7 Å². The highest BCUT2D eigenvalue weighted by Gasteiger charge is 2.05. The second-order valence-corrected chi connectivity index (χ2v) is 3.25. The van der Waals surface area contributed by atoms with E-state index in [1.807, 2.05) is 18.2 Å². The van der Waals surface area contributed by atoms with Gasteiger partial charge in [-0.3, -0.25) is 0 Å². The fraction of sp³-hybridized carbons (Fsp3) is 0. The average molecular weight is 210 g/mol. The Morgan fingerprint density at radius 2 is 1.56 bits per heavy atom. The molecule has 0 spiro atoms. The number of hydrogen-bond donors (Lipinski definition) is 1. The van der Waals surface area contributed by atoms with Gasteiger partial charge >= 0.3 is 0 Å². The number of anilines is 1. The van der Waals surface area contributed by atoms with Crippen LogP contribution in [0.15, 0.2) is 48.5 Å². The van der Waals surface area contributed by atoms with Crippen LogP contribution in [0.25, 0.3) is 0 Å². The molecule has 0 amide bonds. The van der Waals surface area contributed by atoms with Crippen molar-refractivity contribution in [2.24, 2.45) is 0 Å². The highest BCUT2D eigenvalue weighted by Crippen LogP contribution is 2.28. The minimum absolute atomic E-state index is 0.491. The number of nitrogen functional groups attached to an aromatic ring is 1. The van der Waals surface area contributed by atoms with Crippen molar-refractivity contribution in [3.63, 3.8) is 0 Å². The standard InChI is InChI=1S/C13H10N2O/c14-9-10-5-1-3-7-12(10)16-13-8-4-2-6-11(13)15/h1-8H,15H2. The molecule has 0 aliphatic carbocycles. The number of ether oxygens (including phenoxy) is 1. The monoisotopic (exact) mass is 210 g/mol. The van der Waals surface area contributed by atoms with Crippen LogP contribution in [0.4, 0.5) is 5.69 Å². The quantitative estimate of drug-likeness (QED) is 0.775. The highest BCUT2D eigenvalue weighted by atomic mass is 16.5. The van der Waals surface area contributed by atoms with Crippen LogP contribution in [0.5, 0.6) is 11.5 Å². The molecular formula is C13H10N2O. The van der Waals surface area contributed by atoms with Gasteiger partial charge in [0.15, 0.2) is 0 Å². The minimum Gasteiger partial charge on any atom is -0.454 e. The van der Waals surface area contributed by atoms with Crippen molar-refractivity contribution < 1.29 is 4.74 Å². The maximum absolute atomic E-state index is 8.90. The predicted molar refractivity (Wildman–Crippen MR) is 62.1 cm³/mol. The zero-order chi connectivity index (χ0) is 11.4. The lowest BCUT2D eigenvalue weighted by atomic mass is 10.2. The van der Waals surface area contributed by atoms with Gasteiger partial charge in [0.05, 0.1) is 11.3 Å². The van der Waals surface area contributed by atoms with Crippen molar-refractivity contribution in [1.29, 1.82) is 5.26 Å². The average Bonchev–Trinajstić information content (AvgIpc) is 2.33. The maximum atomic E-state index is 8.90. The van der Waals surface area contributed by atoms with Crippen molar-refractivity contribution in [3.8, 4) is 17.6 Å². The topological polar surface area (TPSA) is 59.0 Å². The summed E-state index contributed by atoms with van der Waals surface area (Å²) in [7, 11) is 0. The van der Waals surface area contributed by atoms with Crippen molar-refractivity contribution in [2.75, 3.05) is 5.73 Å². The number of rotatable bonds is 2. The summed E-state index contributed by atoms with van der Waals surface area (Å²) in [6.45, 7) is 0.